The van der Waals surface area contributed by atoms with Gasteiger partial charge in [-0.05, 0) is 26.0 Å². The third kappa shape index (κ3) is 3.44. The smallest absolute Gasteiger partial charge is 0.323 e. The van der Waals surface area contributed by atoms with E-state index in [1.54, 1.807) is 17.0 Å². The molecule has 1 aromatic rings. The Morgan fingerprint density at radius 3 is 2.29 bits per heavy atom. The lowest BCUT2D eigenvalue weighted by Gasteiger charge is -2.26. The normalized spacial score (nSPS) is 10.3. The van der Waals surface area contributed by atoms with Gasteiger partial charge in [-0.2, -0.15) is 0 Å². The summed E-state index contributed by atoms with van der Waals surface area (Å²) >= 11 is 0. The van der Waals surface area contributed by atoms with Crippen LogP contribution in [0, 0.1) is 10.1 Å². The van der Waals surface area contributed by atoms with Crippen molar-refractivity contribution in [3.8, 4) is 0 Å². The molecule has 6 nitrogen and oxygen atoms in total. The van der Waals surface area contributed by atoms with Crippen molar-refractivity contribution in [1.82, 2.24) is 0 Å². The number of hydrogen-bond donors (Lipinski definition) is 1. The van der Waals surface area contributed by atoms with Crippen molar-refractivity contribution in [3.05, 3.63) is 34.4 Å². The van der Waals surface area contributed by atoms with E-state index in [1.165, 1.54) is 12.1 Å². The van der Waals surface area contributed by atoms with Gasteiger partial charge in [0.25, 0.3) is 5.69 Å². The number of rotatable bonds is 5. The van der Waals surface area contributed by atoms with Gasteiger partial charge in [0.2, 0.25) is 0 Å². The lowest BCUT2D eigenvalue weighted by Crippen LogP contribution is -2.35. The second-order valence-electron chi connectivity index (χ2n) is 3.89. The summed E-state index contributed by atoms with van der Waals surface area (Å²) in [7, 11) is 0. The topological polar surface area (TPSA) is 83.7 Å². The van der Waals surface area contributed by atoms with Crippen LogP contribution in [0.25, 0.3) is 0 Å². The van der Waals surface area contributed by atoms with Gasteiger partial charge >= 0.3 is 5.97 Å². The number of carbonyl (C=O) groups is 1. The van der Waals surface area contributed by atoms with Crippen LogP contribution in [0.3, 0.4) is 0 Å². The number of nitrogens with zero attached hydrogens (tertiary/aromatic N) is 2. The molecule has 0 aliphatic carbocycles. The predicted octanol–water partition coefficient (Wildman–Crippen LogP) is 1.89. The SMILES string of the molecule is CC(C)N(CC(=O)O)c1ccc([N+](=O)[O-])cc1. The largest absolute Gasteiger partial charge is 0.480 e. The van der Waals surface area contributed by atoms with Crippen LogP contribution in [0.5, 0.6) is 0 Å². The van der Waals surface area contributed by atoms with Gasteiger partial charge in [0, 0.05) is 23.9 Å². The highest BCUT2D eigenvalue weighted by Gasteiger charge is 2.15. The molecule has 0 aromatic heterocycles. The Balaban J connectivity index is 2.95. The summed E-state index contributed by atoms with van der Waals surface area (Å²) in [6, 6.07) is 5.86. The number of non-ortho nitro benzene ring substituents is 1. The highest BCUT2D eigenvalue weighted by Crippen LogP contribution is 2.20. The molecule has 0 spiro atoms. The van der Waals surface area contributed by atoms with E-state index >= 15 is 0 Å². The molecule has 17 heavy (non-hydrogen) atoms. The van der Waals surface area contributed by atoms with Crippen molar-refractivity contribution in [3.63, 3.8) is 0 Å². The van der Waals surface area contributed by atoms with Crippen molar-refractivity contribution in [2.45, 2.75) is 19.9 Å². The molecular formula is C11H14N2O4. The van der Waals surface area contributed by atoms with Crippen LogP contribution >= 0.6 is 0 Å². The van der Waals surface area contributed by atoms with Crippen molar-refractivity contribution >= 4 is 17.3 Å². The zero-order chi connectivity index (χ0) is 13.0. The average Bonchev–Trinajstić information content (AvgIpc) is 2.25. The number of hydrogen-bond acceptors (Lipinski definition) is 4. The molecule has 1 N–H and O–H groups in total. The highest BCUT2D eigenvalue weighted by atomic mass is 16.6. The Morgan fingerprint density at radius 1 is 1.41 bits per heavy atom. The fraction of sp³-hybridized carbons (Fsp3) is 0.364. The number of carboxylic acid groups (broad SMARTS) is 1. The molecule has 0 saturated heterocycles. The standard InChI is InChI=1S/C11H14N2O4/c1-8(2)12(7-11(14)15)9-3-5-10(6-4-9)13(16)17/h3-6,8H,7H2,1-2H3,(H,14,15). The summed E-state index contributed by atoms with van der Waals surface area (Å²) in [5, 5.41) is 19.3. The molecule has 6 heteroatoms. The van der Waals surface area contributed by atoms with Crippen LogP contribution in [0.2, 0.25) is 0 Å². The minimum absolute atomic E-state index is 0.00668. The molecule has 92 valence electrons. The maximum absolute atomic E-state index is 10.7. The first-order valence-electron chi connectivity index (χ1n) is 5.14. The fourth-order valence-electron chi connectivity index (χ4n) is 1.48. The van der Waals surface area contributed by atoms with Gasteiger partial charge < -0.3 is 10.0 Å². The Labute approximate surface area is 98.6 Å². The van der Waals surface area contributed by atoms with E-state index in [1.807, 2.05) is 13.8 Å². The van der Waals surface area contributed by atoms with Gasteiger partial charge in [-0.1, -0.05) is 0 Å². The third-order valence-electron chi connectivity index (χ3n) is 2.32. The van der Waals surface area contributed by atoms with E-state index in [9.17, 15) is 14.9 Å². The summed E-state index contributed by atoms with van der Waals surface area (Å²) in [5.41, 5.74) is 0.654. The summed E-state index contributed by atoms with van der Waals surface area (Å²) in [6.45, 7) is 3.60. The van der Waals surface area contributed by atoms with E-state index in [2.05, 4.69) is 0 Å². The fourth-order valence-corrected chi connectivity index (χ4v) is 1.48. The second-order valence-corrected chi connectivity index (χ2v) is 3.89. The molecule has 0 unspecified atom stereocenters. The molecule has 0 aliphatic rings. The summed E-state index contributed by atoms with van der Waals surface area (Å²) in [6.07, 6.45) is 0. The van der Waals surface area contributed by atoms with Gasteiger partial charge in [0.1, 0.15) is 6.54 Å². The molecule has 0 heterocycles. The Morgan fingerprint density at radius 2 is 1.94 bits per heavy atom. The monoisotopic (exact) mass is 238 g/mol. The molecule has 0 atom stereocenters. The van der Waals surface area contributed by atoms with Crippen LogP contribution in [0.1, 0.15) is 13.8 Å². The molecule has 0 amide bonds. The van der Waals surface area contributed by atoms with E-state index in [0.717, 1.165) is 0 Å². The van der Waals surface area contributed by atoms with E-state index in [4.69, 9.17) is 5.11 Å². The van der Waals surface area contributed by atoms with Crippen molar-refractivity contribution in [2.24, 2.45) is 0 Å². The third-order valence-corrected chi connectivity index (χ3v) is 2.32. The summed E-state index contributed by atoms with van der Waals surface area (Å²) in [5.74, 6) is -0.933. The van der Waals surface area contributed by atoms with Crippen LogP contribution in [0.4, 0.5) is 11.4 Å². The maximum Gasteiger partial charge on any atom is 0.323 e. The zero-order valence-corrected chi connectivity index (χ0v) is 9.66. The first kappa shape index (κ1) is 13.0. The average molecular weight is 238 g/mol. The van der Waals surface area contributed by atoms with Crippen molar-refractivity contribution in [2.75, 3.05) is 11.4 Å². The minimum Gasteiger partial charge on any atom is -0.480 e. The first-order valence-corrected chi connectivity index (χ1v) is 5.14. The van der Waals surface area contributed by atoms with Crippen LogP contribution in [-0.4, -0.2) is 28.6 Å². The van der Waals surface area contributed by atoms with Gasteiger partial charge in [0.05, 0.1) is 4.92 Å². The Bertz CT molecular complexity index is 414. The molecule has 1 aromatic carbocycles. The first-order chi connectivity index (χ1) is 7.91. The highest BCUT2D eigenvalue weighted by molar-refractivity contribution is 5.74. The molecule has 0 fully saturated rings. The van der Waals surface area contributed by atoms with E-state index < -0.39 is 10.9 Å². The van der Waals surface area contributed by atoms with Gasteiger partial charge in [0.15, 0.2) is 0 Å². The lowest BCUT2D eigenvalue weighted by molar-refractivity contribution is -0.384. The van der Waals surface area contributed by atoms with Crippen molar-refractivity contribution < 1.29 is 14.8 Å². The van der Waals surface area contributed by atoms with Gasteiger partial charge in [-0.25, -0.2) is 0 Å². The van der Waals surface area contributed by atoms with Crippen molar-refractivity contribution in [1.29, 1.82) is 0 Å². The van der Waals surface area contributed by atoms with Crippen LogP contribution in [-0.2, 0) is 4.79 Å². The lowest BCUT2D eigenvalue weighted by atomic mass is 10.2. The quantitative estimate of drug-likeness (QED) is 0.625. The van der Waals surface area contributed by atoms with Crippen LogP contribution < -0.4 is 4.90 Å². The Hall–Kier alpha value is -2.11. The number of aliphatic carboxylic acids is 1. The minimum atomic E-state index is -0.933. The number of carboxylic acids is 1. The number of anilines is 1. The van der Waals surface area contributed by atoms with Gasteiger partial charge in [-0.3, -0.25) is 14.9 Å². The molecular weight excluding hydrogens is 224 g/mol. The zero-order valence-electron chi connectivity index (χ0n) is 9.66. The Kier molecular flexibility index (Phi) is 4.03. The number of nitro groups is 1. The van der Waals surface area contributed by atoms with Crippen LogP contribution in [0.15, 0.2) is 24.3 Å². The molecule has 0 aliphatic heterocycles. The maximum atomic E-state index is 10.7. The predicted molar refractivity (Wildman–Crippen MR) is 63.2 cm³/mol. The number of benzene rings is 1. The summed E-state index contributed by atoms with van der Waals surface area (Å²) < 4.78 is 0. The molecule has 0 radical (unpaired) electrons. The molecule has 0 bridgehead atoms. The summed E-state index contributed by atoms with van der Waals surface area (Å²) in [4.78, 5) is 22.4. The molecule has 0 saturated carbocycles. The van der Waals surface area contributed by atoms with E-state index in [-0.39, 0.29) is 18.3 Å². The molecule has 1 rings (SSSR count). The van der Waals surface area contributed by atoms with E-state index in [0.29, 0.717) is 5.69 Å². The second kappa shape index (κ2) is 5.29. The van der Waals surface area contributed by atoms with Gasteiger partial charge in [-0.15, -0.1) is 0 Å². The number of nitro benzene ring substituents is 1.